The van der Waals surface area contributed by atoms with Crippen LogP contribution in [0, 0.1) is 6.92 Å². The van der Waals surface area contributed by atoms with Gasteiger partial charge in [0.1, 0.15) is 5.56 Å². The number of hydrogen-bond donors (Lipinski definition) is 0. The third-order valence-corrected chi connectivity index (χ3v) is 4.25. The largest absolute Gasteiger partial charge is 0.477 e. The minimum absolute atomic E-state index is 0.198. The molecule has 0 N–H and O–H groups in total. The molecule has 0 saturated carbocycles. The van der Waals surface area contributed by atoms with Crippen LogP contribution in [0.5, 0.6) is 5.88 Å². The SMILES string of the molecule is CCCCCCOc1nc(N(CC)c2ccccc2C)ncc1C(F)(F)F. The second-order valence-corrected chi connectivity index (χ2v) is 6.33. The fourth-order valence-electron chi connectivity index (χ4n) is 2.78. The Hall–Kier alpha value is -2.31. The Labute approximate surface area is 158 Å². The zero-order valence-electron chi connectivity index (χ0n) is 16.0. The first-order valence-corrected chi connectivity index (χ1v) is 9.28. The Morgan fingerprint density at radius 3 is 2.44 bits per heavy atom. The Morgan fingerprint density at radius 2 is 1.81 bits per heavy atom. The summed E-state index contributed by atoms with van der Waals surface area (Å²) in [6.07, 6.45) is -0.0593. The average molecular weight is 381 g/mol. The molecule has 0 aliphatic heterocycles. The van der Waals surface area contributed by atoms with Crippen LogP contribution in [-0.4, -0.2) is 23.1 Å². The Bertz CT molecular complexity index is 735. The molecule has 27 heavy (non-hydrogen) atoms. The van der Waals surface area contributed by atoms with Crippen molar-refractivity contribution >= 4 is 11.6 Å². The quantitative estimate of drug-likeness (QED) is 0.505. The van der Waals surface area contributed by atoms with E-state index in [-0.39, 0.29) is 12.6 Å². The van der Waals surface area contributed by atoms with Crippen LogP contribution < -0.4 is 9.64 Å². The van der Waals surface area contributed by atoms with Crippen molar-refractivity contribution in [2.45, 2.75) is 52.6 Å². The zero-order chi connectivity index (χ0) is 19.9. The number of ether oxygens (including phenoxy) is 1. The molecule has 0 atom stereocenters. The van der Waals surface area contributed by atoms with E-state index < -0.39 is 17.6 Å². The monoisotopic (exact) mass is 381 g/mol. The van der Waals surface area contributed by atoms with Gasteiger partial charge in [0.15, 0.2) is 0 Å². The molecular formula is C20H26F3N3O. The lowest BCUT2D eigenvalue weighted by atomic mass is 10.2. The molecule has 1 heterocycles. The van der Waals surface area contributed by atoms with Crippen molar-refractivity contribution in [3.05, 3.63) is 41.6 Å². The summed E-state index contributed by atoms with van der Waals surface area (Å²) in [6.45, 7) is 6.64. The maximum atomic E-state index is 13.3. The number of halogens is 3. The van der Waals surface area contributed by atoms with Gasteiger partial charge in [0.2, 0.25) is 11.8 Å². The summed E-state index contributed by atoms with van der Waals surface area (Å²) in [5.41, 5.74) is 0.904. The van der Waals surface area contributed by atoms with Crippen molar-refractivity contribution in [3.63, 3.8) is 0 Å². The lowest BCUT2D eigenvalue weighted by Crippen LogP contribution is -2.21. The minimum Gasteiger partial charge on any atom is -0.477 e. The van der Waals surface area contributed by atoms with E-state index in [1.165, 1.54) is 0 Å². The van der Waals surface area contributed by atoms with Gasteiger partial charge in [-0.05, 0) is 31.9 Å². The number of benzene rings is 1. The molecule has 0 aliphatic carbocycles. The first kappa shape index (κ1) is 21.0. The highest BCUT2D eigenvalue weighted by atomic mass is 19.4. The van der Waals surface area contributed by atoms with E-state index in [1.807, 2.05) is 38.1 Å². The van der Waals surface area contributed by atoms with Crippen molar-refractivity contribution in [1.29, 1.82) is 0 Å². The van der Waals surface area contributed by atoms with Crippen LogP contribution in [0.15, 0.2) is 30.5 Å². The highest BCUT2D eigenvalue weighted by molar-refractivity contribution is 5.61. The molecule has 2 rings (SSSR count). The molecule has 7 heteroatoms. The van der Waals surface area contributed by atoms with Gasteiger partial charge in [0.25, 0.3) is 0 Å². The van der Waals surface area contributed by atoms with Gasteiger partial charge in [0.05, 0.1) is 6.61 Å². The maximum Gasteiger partial charge on any atom is 0.423 e. The summed E-state index contributed by atoms with van der Waals surface area (Å²) < 4.78 is 45.3. The number of unbranched alkanes of at least 4 members (excludes halogenated alkanes) is 3. The Balaban J connectivity index is 2.31. The van der Waals surface area contributed by atoms with Crippen molar-refractivity contribution < 1.29 is 17.9 Å². The first-order chi connectivity index (χ1) is 12.9. The molecular weight excluding hydrogens is 355 g/mol. The fourth-order valence-corrected chi connectivity index (χ4v) is 2.78. The molecule has 0 bridgehead atoms. The van der Waals surface area contributed by atoms with E-state index in [0.29, 0.717) is 13.0 Å². The number of rotatable bonds is 9. The van der Waals surface area contributed by atoms with Crippen molar-refractivity contribution in [3.8, 4) is 5.88 Å². The normalized spacial score (nSPS) is 11.5. The number of nitrogens with zero attached hydrogens (tertiary/aromatic N) is 3. The summed E-state index contributed by atoms with van der Waals surface area (Å²) in [4.78, 5) is 9.86. The van der Waals surface area contributed by atoms with Crippen LogP contribution in [0.25, 0.3) is 0 Å². The molecule has 0 unspecified atom stereocenters. The molecule has 2 aromatic rings. The zero-order valence-corrected chi connectivity index (χ0v) is 16.0. The number of aromatic nitrogens is 2. The lowest BCUT2D eigenvalue weighted by molar-refractivity contribution is -0.139. The molecule has 0 amide bonds. The van der Waals surface area contributed by atoms with Gasteiger partial charge >= 0.3 is 6.18 Å². The first-order valence-electron chi connectivity index (χ1n) is 9.28. The third kappa shape index (κ3) is 5.58. The fraction of sp³-hybridized carbons (Fsp3) is 0.500. The molecule has 148 valence electrons. The van der Waals surface area contributed by atoms with Crippen LogP contribution in [0.4, 0.5) is 24.8 Å². The standard InChI is InChI=1S/C20H26F3N3O/c1-4-6-7-10-13-27-18-16(20(21,22)23)14-24-19(25-18)26(5-2)17-12-9-8-11-15(17)3/h8-9,11-12,14H,4-7,10,13H2,1-3H3. The summed E-state index contributed by atoms with van der Waals surface area (Å²) in [6, 6.07) is 7.61. The van der Waals surface area contributed by atoms with Gasteiger partial charge in [-0.2, -0.15) is 18.2 Å². The number of para-hydroxylation sites is 1. The predicted molar refractivity (Wildman–Crippen MR) is 101 cm³/mol. The van der Waals surface area contributed by atoms with Gasteiger partial charge in [0, 0.05) is 18.4 Å². The number of hydrogen-bond acceptors (Lipinski definition) is 4. The van der Waals surface area contributed by atoms with Crippen LogP contribution in [-0.2, 0) is 6.18 Å². The third-order valence-electron chi connectivity index (χ3n) is 4.25. The molecule has 0 radical (unpaired) electrons. The molecule has 1 aromatic heterocycles. The second kappa shape index (κ2) is 9.58. The smallest absolute Gasteiger partial charge is 0.423 e. The van der Waals surface area contributed by atoms with Crippen molar-refractivity contribution in [1.82, 2.24) is 9.97 Å². The maximum absolute atomic E-state index is 13.3. The van der Waals surface area contributed by atoms with Crippen LogP contribution in [0.1, 0.15) is 50.7 Å². The Kier molecular flexibility index (Phi) is 7.45. The van der Waals surface area contributed by atoms with Crippen LogP contribution >= 0.6 is 0 Å². The van der Waals surface area contributed by atoms with Gasteiger partial charge < -0.3 is 9.64 Å². The van der Waals surface area contributed by atoms with Crippen LogP contribution in [0.2, 0.25) is 0 Å². The van der Waals surface area contributed by atoms with E-state index in [2.05, 4.69) is 16.9 Å². The predicted octanol–water partition coefficient (Wildman–Crippen LogP) is 5.92. The van der Waals surface area contributed by atoms with Crippen LogP contribution in [0.3, 0.4) is 0 Å². The van der Waals surface area contributed by atoms with Gasteiger partial charge in [-0.1, -0.05) is 44.4 Å². The molecule has 0 aliphatic rings. The number of anilines is 2. The van der Waals surface area contributed by atoms with Crippen molar-refractivity contribution in [2.24, 2.45) is 0 Å². The van der Waals surface area contributed by atoms with E-state index in [4.69, 9.17) is 4.74 Å². The average Bonchev–Trinajstić information content (AvgIpc) is 2.63. The molecule has 0 fully saturated rings. The molecule has 0 spiro atoms. The summed E-state index contributed by atoms with van der Waals surface area (Å²) in [5.74, 6) is -0.209. The molecule has 1 aromatic carbocycles. The lowest BCUT2D eigenvalue weighted by Gasteiger charge is -2.24. The minimum atomic E-state index is -4.56. The molecule has 0 saturated heterocycles. The van der Waals surface area contributed by atoms with Gasteiger partial charge in [-0.25, -0.2) is 4.98 Å². The van der Waals surface area contributed by atoms with E-state index in [0.717, 1.165) is 36.7 Å². The summed E-state index contributed by atoms with van der Waals surface area (Å²) in [7, 11) is 0. The van der Waals surface area contributed by atoms with Gasteiger partial charge in [-0.3, -0.25) is 0 Å². The highest BCUT2D eigenvalue weighted by Crippen LogP contribution is 2.36. The topological polar surface area (TPSA) is 38.2 Å². The van der Waals surface area contributed by atoms with Gasteiger partial charge in [-0.15, -0.1) is 0 Å². The summed E-state index contributed by atoms with van der Waals surface area (Å²) in [5, 5.41) is 0. The summed E-state index contributed by atoms with van der Waals surface area (Å²) >= 11 is 0. The molecule has 4 nitrogen and oxygen atoms in total. The van der Waals surface area contributed by atoms with Crippen molar-refractivity contribution in [2.75, 3.05) is 18.1 Å². The highest BCUT2D eigenvalue weighted by Gasteiger charge is 2.36. The van der Waals surface area contributed by atoms with E-state index in [1.54, 1.807) is 4.90 Å². The number of alkyl halides is 3. The second-order valence-electron chi connectivity index (χ2n) is 6.33. The number of aryl methyl sites for hydroxylation is 1. The van der Waals surface area contributed by atoms with E-state index >= 15 is 0 Å². The van der Waals surface area contributed by atoms with E-state index in [9.17, 15) is 13.2 Å². The Morgan fingerprint density at radius 1 is 1.07 bits per heavy atom.